The Kier molecular flexibility index (Phi) is 4.90. The lowest BCUT2D eigenvalue weighted by molar-refractivity contribution is -0.121. The fourth-order valence-electron chi connectivity index (χ4n) is 2.80. The van der Waals surface area contributed by atoms with Gasteiger partial charge in [-0.1, -0.05) is 18.5 Å². The van der Waals surface area contributed by atoms with Crippen molar-refractivity contribution in [3.63, 3.8) is 0 Å². The zero-order valence-corrected chi connectivity index (χ0v) is 14.2. The Morgan fingerprint density at radius 3 is 3.00 bits per heavy atom. The number of benzene rings is 1. The van der Waals surface area contributed by atoms with E-state index in [1.54, 1.807) is 22.9 Å². The summed E-state index contributed by atoms with van der Waals surface area (Å²) in [5, 5.41) is 3.50. The third-order valence-electron chi connectivity index (χ3n) is 4.02. The fourth-order valence-corrected chi connectivity index (χ4v) is 2.99. The normalized spacial score (nSPS) is 16.2. The van der Waals surface area contributed by atoms with Crippen molar-refractivity contribution in [2.24, 2.45) is 5.92 Å². The lowest BCUT2D eigenvalue weighted by atomic mass is 9.96. The smallest absolute Gasteiger partial charge is 0.250 e. The molecule has 0 saturated heterocycles. The van der Waals surface area contributed by atoms with E-state index in [2.05, 4.69) is 5.32 Å². The van der Waals surface area contributed by atoms with Gasteiger partial charge in [-0.25, -0.2) is 0 Å². The Labute approximate surface area is 145 Å². The van der Waals surface area contributed by atoms with Gasteiger partial charge in [0.25, 0.3) is 5.56 Å². The first-order chi connectivity index (χ1) is 11.6. The first-order valence-corrected chi connectivity index (χ1v) is 8.37. The number of anilines is 1. The molecule has 5 nitrogen and oxygen atoms in total. The monoisotopic (exact) mass is 346 g/mol. The van der Waals surface area contributed by atoms with E-state index in [0.29, 0.717) is 30.3 Å². The molecule has 0 bridgehead atoms. The number of hydrogen-bond acceptors (Lipinski definition) is 3. The van der Waals surface area contributed by atoms with Crippen molar-refractivity contribution < 1.29 is 9.53 Å². The van der Waals surface area contributed by atoms with Crippen molar-refractivity contribution in [2.75, 3.05) is 11.9 Å². The maximum absolute atomic E-state index is 12.5. The van der Waals surface area contributed by atoms with Gasteiger partial charge in [0, 0.05) is 23.8 Å². The summed E-state index contributed by atoms with van der Waals surface area (Å²) in [6, 6.07) is 8.53. The molecular formula is C18H19ClN2O3. The molecule has 0 aliphatic carbocycles. The molecule has 3 rings (SSSR count). The molecule has 126 valence electrons. The van der Waals surface area contributed by atoms with Crippen molar-refractivity contribution in [2.45, 2.75) is 26.3 Å². The van der Waals surface area contributed by atoms with Gasteiger partial charge in [-0.3, -0.25) is 9.59 Å². The highest BCUT2D eigenvalue weighted by Gasteiger charge is 2.26. The van der Waals surface area contributed by atoms with Gasteiger partial charge < -0.3 is 14.6 Å². The Bertz CT molecular complexity index is 816. The number of carbonyl (C=O) groups excluding carboxylic acids is 1. The Hall–Kier alpha value is -2.27. The van der Waals surface area contributed by atoms with E-state index in [0.717, 1.165) is 17.7 Å². The minimum Gasteiger partial charge on any atom is -0.492 e. The largest absolute Gasteiger partial charge is 0.492 e. The number of amides is 1. The minimum absolute atomic E-state index is 0.0700. The number of aryl methyl sites for hydroxylation is 1. The molecule has 1 aromatic carbocycles. The van der Waals surface area contributed by atoms with Gasteiger partial charge in [-0.2, -0.15) is 0 Å². The molecular weight excluding hydrogens is 328 g/mol. The molecule has 0 radical (unpaired) electrons. The number of hydrogen-bond donors (Lipinski definition) is 1. The van der Waals surface area contributed by atoms with Crippen LogP contribution in [0.1, 0.15) is 18.9 Å². The van der Waals surface area contributed by atoms with Crippen molar-refractivity contribution in [3.8, 4) is 5.75 Å². The van der Waals surface area contributed by atoms with E-state index in [1.165, 1.54) is 6.07 Å². The standard InChI is InChI=1S/C18H19ClN2O3/c1-2-7-21-10-15(4-6-17(21)22)20-18(23)13-8-12-9-14(19)3-5-16(12)24-11-13/h3-6,9-10,13H,2,7-8,11H2,1H3,(H,20,23)/t13-/m1/s1. The quantitative estimate of drug-likeness (QED) is 0.925. The van der Waals surface area contributed by atoms with E-state index >= 15 is 0 Å². The number of ether oxygens (including phenoxy) is 1. The molecule has 1 amide bonds. The van der Waals surface area contributed by atoms with Crippen LogP contribution in [-0.2, 0) is 17.8 Å². The number of fused-ring (bicyclic) bond motifs is 1. The SMILES string of the molecule is CCCn1cc(NC(=O)[C@H]2COc3ccc(Cl)cc3C2)ccc1=O. The highest BCUT2D eigenvalue weighted by atomic mass is 35.5. The lowest BCUT2D eigenvalue weighted by Crippen LogP contribution is -2.33. The Balaban J connectivity index is 1.72. The predicted molar refractivity (Wildman–Crippen MR) is 93.8 cm³/mol. The van der Waals surface area contributed by atoms with Crippen molar-refractivity contribution >= 4 is 23.2 Å². The van der Waals surface area contributed by atoms with Crippen LogP contribution in [0.3, 0.4) is 0 Å². The summed E-state index contributed by atoms with van der Waals surface area (Å²) in [7, 11) is 0. The highest BCUT2D eigenvalue weighted by molar-refractivity contribution is 6.30. The average Bonchev–Trinajstić information content (AvgIpc) is 2.57. The molecule has 6 heteroatoms. The first-order valence-electron chi connectivity index (χ1n) is 7.99. The van der Waals surface area contributed by atoms with Crippen LogP contribution in [0, 0.1) is 5.92 Å². The van der Waals surface area contributed by atoms with E-state index in [-0.39, 0.29) is 17.4 Å². The van der Waals surface area contributed by atoms with Crippen LogP contribution in [0.25, 0.3) is 0 Å². The maximum Gasteiger partial charge on any atom is 0.250 e. The lowest BCUT2D eigenvalue weighted by Gasteiger charge is -2.24. The molecule has 0 fully saturated rings. The summed E-state index contributed by atoms with van der Waals surface area (Å²) in [6.45, 7) is 2.95. The van der Waals surface area contributed by atoms with E-state index in [1.807, 2.05) is 19.1 Å². The Morgan fingerprint density at radius 2 is 2.21 bits per heavy atom. The highest BCUT2D eigenvalue weighted by Crippen LogP contribution is 2.30. The molecule has 24 heavy (non-hydrogen) atoms. The Morgan fingerprint density at radius 1 is 1.38 bits per heavy atom. The van der Waals surface area contributed by atoms with Gasteiger partial charge in [0.2, 0.25) is 5.91 Å². The van der Waals surface area contributed by atoms with Crippen molar-refractivity contribution in [1.29, 1.82) is 0 Å². The molecule has 0 unspecified atom stereocenters. The van der Waals surface area contributed by atoms with Gasteiger partial charge >= 0.3 is 0 Å². The van der Waals surface area contributed by atoms with Crippen LogP contribution in [0.5, 0.6) is 5.75 Å². The van der Waals surface area contributed by atoms with E-state index in [4.69, 9.17) is 16.3 Å². The molecule has 1 aliphatic rings. The molecule has 0 spiro atoms. The molecule has 1 aromatic heterocycles. The number of nitrogens with zero attached hydrogens (tertiary/aromatic N) is 1. The topological polar surface area (TPSA) is 60.3 Å². The summed E-state index contributed by atoms with van der Waals surface area (Å²) in [5.74, 6) is 0.366. The van der Waals surface area contributed by atoms with Crippen molar-refractivity contribution in [1.82, 2.24) is 4.57 Å². The third-order valence-corrected chi connectivity index (χ3v) is 4.25. The molecule has 1 N–H and O–H groups in total. The van der Waals surface area contributed by atoms with Gasteiger partial charge in [0.1, 0.15) is 12.4 Å². The van der Waals surface area contributed by atoms with Gasteiger partial charge in [-0.15, -0.1) is 0 Å². The first kappa shape index (κ1) is 16.6. The summed E-state index contributed by atoms with van der Waals surface area (Å²) in [5.41, 5.74) is 1.48. The molecule has 2 heterocycles. The summed E-state index contributed by atoms with van der Waals surface area (Å²) >= 11 is 6.01. The van der Waals surface area contributed by atoms with Crippen LogP contribution >= 0.6 is 11.6 Å². The second-order valence-electron chi connectivity index (χ2n) is 5.90. The number of aromatic nitrogens is 1. The third kappa shape index (κ3) is 3.62. The average molecular weight is 347 g/mol. The second kappa shape index (κ2) is 7.09. The zero-order valence-electron chi connectivity index (χ0n) is 13.4. The minimum atomic E-state index is -0.289. The molecule has 2 aromatic rings. The summed E-state index contributed by atoms with van der Waals surface area (Å²) < 4.78 is 7.26. The number of halogens is 1. The predicted octanol–water partition coefficient (Wildman–Crippen LogP) is 3.10. The van der Waals surface area contributed by atoms with Crippen LogP contribution in [-0.4, -0.2) is 17.1 Å². The maximum atomic E-state index is 12.5. The summed E-state index contributed by atoms with van der Waals surface area (Å²) in [6.07, 6.45) is 3.11. The molecule has 0 saturated carbocycles. The number of pyridine rings is 1. The van der Waals surface area contributed by atoms with Gasteiger partial charge in [0.15, 0.2) is 0 Å². The van der Waals surface area contributed by atoms with Gasteiger partial charge in [0.05, 0.1) is 11.6 Å². The van der Waals surface area contributed by atoms with Crippen molar-refractivity contribution in [3.05, 3.63) is 57.5 Å². The van der Waals surface area contributed by atoms with Gasteiger partial charge in [-0.05, 0) is 42.7 Å². The van der Waals surface area contributed by atoms with E-state index < -0.39 is 0 Å². The number of carbonyl (C=O) groups is 1. The number of nitrogens with one attached hydrogen (secondary N) is 1. The van der Waals surface area contributed by atoms with Crippen LogP contribution in [0.4, 0.5) is 5.69 Å². The second-order valence-corrected chi connectivity index (χ2v) is 6.34. The van der Waals surface area contributed by atoms with E-state index in [9.17, 15) is 9.59 Å². The zero-order chi connectivity index (χ0) is 17.1. The fraction of sp³-hybridized carbons (Fsp3) is 0.333. The van der Waals surface area contributed by atoms with Crippen LogP contribution in [0.2, 0.25) is 5.02 Å². The van der Waals surface area contributed by atoms with Crippen LogP contribution < -0.4 is 15.6 Å². The number of rotatable bonds is 4. The van der Waals surface area contributed by atoms with Crippen LogP contribution in [0.15, 0.2) is 41.3 Å². The summed E-state index contributed by atoms with van der Waals surface area (Å²) in [4.78, 5) is 24.2. The molecule has 1 atom stereocenters. The molecule has 1 aliphatic heterocycles.